The molecule has 14 heteroatoms. The number of rotatable bonds is 10. The van der Waals surface area contributed by atoms with E-state index in [1.54, 1.807) is 12.0 Å². The number of amides is 2. The molecule has 2 aromatic heterocycles. The number of fused-ring (bicyclic) bond motifs is 3. The second kappa shape index (κ2) is 17.2. The van der Waals surface area contributed by atoms with Crippen molar-refractivity contribution >= 4 is 61.3 Å². The number of ether oxygens (including phenoxy) is 2. The molecule has 4 aromatic rings. The van der Waals surface area contributed by atoms with Crippen molar-refractivity contribution < 1.29 is 32.3 Å². The lowest BCUT2D eigenvalue weighted by Gasteiger charge is -2.29. The first-order chi connectivity index (χ1) is 28.8. The maximum Gasteiger partial charge on any atom is 0.240 e. The first kappa shape index (κ1) is 42.4. The molecule has 0 radical (unpaired) electrons. The number of thiazole rings is 1. The number of sulfonamides is 1. The normalized spacial score (nSPS) is 25.6. The lowest BCUT2D eigenvalue weighted by molar-refractivity contribution is -0.142. The van der Waals surface area contributed by atoms with Crippen LogP contribution in [0.1, 0.15) is 101 Å². The van der Waals surface area contributed by atoms with Crippen LogP contribution in [0.4, 0.5) is 0 Å². The van der Waals surface area contributed by atoms with E-state index in [2.05, 4.69) is 24.6 Å². The Morgan fingerprint density at radius 3 is 2.55 bits per heavy atom. The van der Waals surface area contributed by atoms with Gasteiger partial charge in [0.1, 0.15) is 22.6 Å². The molecule has 2 amide bonds. The highest BCUT2D eigenvalue weighted by molar-refractivity contribution is 7.90. The number of nitrogens with zero attached hydrogens (tertiary/aromatic N) is 3. The monoisotopic (exact) mass is 872 g/mol. The zero-order chi connectivity index (χ0) is 42.3. The zero-order valence-electron chi connectivity index (χ0n) is 34.6. The highest BCUT2D eigenvalue weighted by Crippen LogP contribution is 2.57. The predicted octanol–water partition coefficient (Wildman–Crippen LogP) is 8.75. The summed E-state index contributed by atoms with van der Waals surface area (Å²) in [6, 6.07) is 12.4. The fourth-order valence-electron chi connectivity index (χ4n) is 8.89. The second-order valence-corrected chi connectivity index (χ2v) is 20.6. The third-order valence-electron chi connectivity index (χ3n) is 12.8. The first-order valence-electron chi connectivity index (χ1n) is 21.2. The molecule has 2 aliphatic heterocycles. The fraction of sp³-hybridized carbons (Fsp3) is 0.500. The van der Waals surface area contributed by atoms with Crippen molar-refractivity contribution in [2.45, 2.75) is 115 Å². The molecule has 4 heterocycles. The van der Waals surface area contributed by atoms with Crippen molar-refractivity contribution in [3.05, 3.63) is 81.8 Å². The first-order valence-corrected chi connectivity index (χ1v) is 24.0. The minimum atomic E-state index is -3.84. The number of nitrogens with one attached hydrogen (secondary N) is 1. The fourth-order valence-corrected chi connectivity index (χ4v) is 11.3. The average molecular weight is 874 g/mol. The molecule has 2 aliphatic carbocycles. The van der Waals surface area contributed by atoms with Crippen molar-refractivity contribution in [2.24, 2.45) is 17.3 Å². The van der Waals surface area contributed by atoms with Crippen LogP contribution in [0.15, 0.2) is 60.0 Å². The van der Waals surface area contributed by atoms with Crippen LogP contribution in [0.3, 0.4) is 0 Å². The Labute approximate surface area is 361 Å². The summed E-state index contributed by atoms with van der Waals surface area (Å²) in [5.41, 5.74) is 2.30. The topological polar surface area (TPSA) is 145 Å². The maximum atomic E-state index is 15.0. The number of hydrogen-bond acceptors (Lipinski definition) is 10. The lowest BCUT2D eigenvalue weighted by atomic mass is 9.90. The molecular weight excluding hydrogens is 820 g/mol. The number of pyridine rings is 1. The maximum absolute atomic E-state index is 15.0. The number of aryl methyl sites for hydroxylation is 1. The molecule has 3 fully saturated rings. The molecule has 4 aliphatic rings. The summed E-state index contributed by atoms with van der Waals surface area (Å²) in [7, 11) is -2.20. The van der Waals surface area contributed by atoms with Crippen LogP contribution < -0.4 is 14.2 Å². The summed E-state index contributed by atoms with van der Waals surface area (Å²) >= 11 is 7.75. The van der Waals surface area contributed by atoms with Gasteiger partial charge in [-0.1, -0.05) is 62.6 Å². The van der Waals surface area contributed by atoms with Crippen LogP contribution >= 0.6 is 22.9 Å². The standard InChI is InChI=1S/C46H53ClN4O7S2/c1-27(2)38-26-59-43(49-38)37-22-36-28(3)41(57-4)19-18-35(36)42(48-37)58-33-21-39-40(52)24-46(45(54)50-60(55,56)34-16-17-34)23-31(46)11-9-7-5-6-8-10-30(44(53)51(39)25-33)20-29-12-14-32(47)15-13-29/h9,11-15,18-19,22,26-27,30-31,33-34,39H,5-8,10,16-17,20-21,23-25H2,1-4H3,(H,50,54)/b11-9-/t30-,31+,33-,39+,46-/m1/s1. The smallest absolute Gasteiger partial charge is 0.240 e. The van der Waals surface area contributed by atoms with Gasteiger partial charge in [-0.15, -0.1) is 11.3 Å². The van der Waals surface area contributed by atoms with Crippen molar-refractivity contribution in [3.63, 3.8) is 0 Å². The summed E-state index contributed by atoms with van der Waals surface area (Å²) in [6.45, 7) is 6.33. The van der Waals surface area contributed by atoms with E-state index in [0.29, 0.717) is 48.7 Å². The molecule has 11 nitrogen and oxygen atoms in total. The van der Waals surface area contributed by atoms with Crippen molar-refractivity contribution in [3.8, 4) is 22.3 Å². The van der Waals surface area contributed by atoms with Gasteiger partial charge in [-0.25, -0.2) is 18.4 Å². The van der Waals surface area contributed by atoms with Gasteiger partial charge in [0.15, 0.2) is 5.78 Å². The molecule has 0 unspecified atom stereocenters. The van der Waals surface area contributed by atoms with E-state index >= 15 is 0 Å². The molecule has 0 spiro atoms. The number of carbonyl (C=O) groups is 3. The van der Waals surface area contributed by atoms with Gasteiger partial charge in [-0.05, 0) is 111 Å². The van der Waals surface area contributed by atoms with Crippen molar-refractivity contribution in [1.29, 1.82) is 0 Å². The van der Waals surface area contributed by atoms with Crippen molar-refractivity contribution in [2.75, 3.05) is 13.7 Å². The zero-order valence-corrected chi connectivity index (χ0v) is 37.0. The van der Waals surface area contributed by atoms with Gasteiger partial charge in [0.2, 0.25) is 27.7 Å². The Morgan fingerprint density at radius 2 is 1.83 bits per heavy atom. The molecular formula is C46H53ClN4O7S2. The van der Waals surface area contributed by atoms with Gasteiger partial charge in [-0.3, -0.25) is 19.1 Å². The van der Waals surface area contributed by atoms with Crippen LogP contribution in [0.5, 0.6) is 11.6 Å². The molecule has 1 N–H and O–H groups in total. The Bertz CT molecular complexity index is 2430. The summed E-state index contributed by atoms with van der Waals surface area (Å²) < 4.78 is 40.9. The van der Waals surface area contributed by atoms with Gasteiger partial charge in [0, 0.05) is 34.5 Å². The number of ketones is 1. The van der Waals surface area contributed by atoms with E-state index in [4.69, 9.17) is 31.0 Å². The Balaban J connectivity index is 1.15. The predicted molar refractivity (Wildman–Crippen MR) is 234 cm³/mol. The summed E-state index contributed by atoms with van der Waals surface area (Å²) in [4.78, 5) is 55.3. The Morgan fingerprint density at radius 1 is 1.05 bits per heavy atom. The number of carbonyl (C=O) groups excluding carboxylic acids is 3. The number of hydrogen-bond donors (Lipinski definition) is 1. The average Bonchev–Trinajstić information content (AvgIpc) is 4.10. The summed E-state index contributed by atoms with van der Waals surface area (Å²) in [5.74, 6) is -0.407. The van der Waals surface area contributed by atoms with Crippen LogP contribution in [0, 0.1) is 24.2 Å². The number of allylic oxidation sites excluding steroid dienone is 2. The van der Waals surface area contributed by atoms with E-state index in [9.17, 15) is 22.8 Å². The van der Waals surface area contributed by atoms with Gasteiger partial charge in [0.25, 0.3) is 0 Å². The highest BCUT2D eigenvalue weighted by Gasteiger charge is 2.61. The van der Waals surface area contributed by atoms with Gasteiger partial charge in [0.05, 0.1) is 36.1 Å². The Hall–Kier alpha value is -4.33. The molecule has 1 saturated heterocycles. The quantitative estimate of drug-likeness (QED) is 0.155. The van der Waals surface area contributed by atoms with E-state index in [1.807, 2.05) is 60.8 Å². The van der Waals surface area contributed by atoms with Crippen LogP contribution in [-0.2, 0) is 30.8 Å². The summed E-state index contributed by atoms with van der Waals surface area (Å²) in [5, 5.41) is 4.48. The molecule has 8 rings (SSSR count). The molecule has 2 saturated carbocycles. The number of aromatic nitrogens is 2. The number of halogens is 1. The highest BCUT2D eigenvalue weighted by atomic mass is 35.5. The largest absolute Gasteiger partial charge is 0.496 e. The summed E-state index contributed by atoms with van der Waals surface area (Å²) in [6.07, 6.45) is 9.39. The van der Waals surface area contributed by atoms with Gasteiger partial charge >= 0.3 is 0 Å². The van der Waals surface area contributed by atoms with E-state index < -0.39 is 44.7 Å². The van der Waals surface area contributed by atoms with E-state index in [1.165, 1.54) is 11.3 Å². The third kappa shape index (κ3) is 8.85. The van der Waals surface area contributed by atoms with Crippen molar-refractivity contribution in [1.82, 2.24) is 19.6 Å². The van der Waals surface area contributed by atoms with Gasteiger partial charge in [-0.2, -0.15) is 0 Å². The lowest BCUT2D eigenvalue weighted by Crippen LogP contribution is -2.46. The van der Waals surface area contributed by atoms with Gasteiger partial charge < -0.3 is 14.4 Å². The minimum Gasteiger partial charge on any atom is -0.496 e. The Kier molecular flexibility index (Phi) is 12.1. The number of benzene rings is 2. The van der Waals surface area contributed by atoms with Crippen LogP contribution in [0.25, 0.3) is 21.5 Å². The molecule has 318 valence electrons. The van der Waals surface area contributed by atoms with E-state index in [-0.39, 0.29) is 42.9 Å². The molecule has 60 heavy (non-hydrogen) atoms. The molecule has 2 aromatic carbocycles. The number of methoxy groups -OCH3 is 1. The molecule has 5 atom stereocenters. The number of Topliss-reactive ketones (excluding diaryl/α,β-unsaturated/α-hetero) is 1. The third-order valence-corrected chi connectivity index (χ3v) is 15.7. The minimum absolute atomic E-state index is 0.138. The molecule has 0 bridgehead atoms. The van der Waals surface area contributed by atoms with E-state index in [0.717, 1.165) is 64.0 Å². The SMILES string of the molecule is COc1ccc2c(O[C@@H]3C[C@H]4C(=O)C[C@]5(C(=O)NS(=O)(=O)C6CC6)C[C@@H]5/C=C\CCCCC[C@H](Cc5ccc(Cl)cc5)C(=O)N4C3)nc(-c3nc(C(C)C)cs3)cc2c1C. The van der Waals surface area contributed by atoms with Crippen LogP contribution in [-0.4, -0.2) is 71.9 Å². The second-order valence-electron chi connectivity index (χ2n) is 17.4. The van der Waals surface area contributed by atoms with Crippen LogP contribution in [0.2, 0.25) is 5.02 Å².